The highest BCUT2D eigenvalue weighted by Crippen LogP contribution is 2.33. The van der Waals surface area contributed by atoms with Gasteiger partial charge in [-0.05, 0) is 57.0 Å². The van der Waals surface area contributed by atoms with Crippen LogP contribution in [0.2, 0.25) is 0 Å². The van der Waals surface area contributed by atoms with Crippen LogP contribution in [0.1, 0.15) is 35.8 Å². The van der Waals surface area contributed by atoms with Gasteiger partial charge in [0, 0.05) is 6.61 Å². The quantitative estimate of drug-likeness (QED) is 0.386. The number of para-hydroxylation sites is 1. The van der Waals surface area contributed by atoms with Gasteiger partial charge < -0.3 is 9.47 Å². The Labute approximate surface area is 196 Å². The minimum absolute atomic E-state index is 0.00409. The molecule has 1 unspecified atom stereocenters. The van der Waals surface area contributed by atoms with E-state index in [1.807, 2.05) is 62.4 Å². The summed E-state index contributed by atoms with van der Waals surface area (Å²) < 4.78 is 14.3. The molecule has 0 aliphatic carbocycles. The highest BCUT2D eigenvalue weighted by atomic mass is 32.1. The van der Waals surface area contributed by atoms with Crippen molar-refractivity contribution in [2.75, 3.05) is 24.7 Å². The van der Waals surface area contributed by atoms with Gasteiger partial charge in [-0.25, -0.2) is 9.67 Å². The number of amides is 1. The largest absolute Gasteiger partial charge is 0.494 e. The number of rotatable bonds is 7. The molecule has 1 aliphatic rings. The molecule has 0 spiro atoms. The first kappa shape index (κ1) is 21.6. The van der Waals surface area contributed by atoms with E-state index in [0.717, 1.165) is 46.8 Å². The Balaban J connectivity index is 1.51. The van der Waals surface area contributed by atoms with E-state index in [1.165, 1.54) is 11.3 Å². The summed E-state index contributed by atoms with van der Waals surface area (Å²) in [5.41, 5.74) is 3.12. The van der Waals surface area contributed by atoms with Crippen LogP contribution in [-0.2, 0) is 4.74 Å². The predicted octanol–water partition coefficient (Wildman–Crippen LogP) is 5.01. The van der Waals surface area contributed by atoms with E-state index in [2.05, 4.69) is 5.10 Å². The average Bonchev–Trinajstić information content (AvgIpc) is 3.57. The third-order valence-corrected chi connectivity index (χ3v) is 6.83. The summed E-state index contributed by atoms with van der Waals surface area (Å²) in [5, 5.41) is 5.15. The Morgan fingerprint density at radius 3 is 2.88 bits per heavy atom. The molecule has 0 N–H and O–H groups in total. The highest BCUT2D eigenvalue weighted by Gasteiger charge is 2.29. The molecular formula is C25H26N4O3S. The van der Waals surface area contributed by atoms with Crippen molar-refractivity contribution >= 4 is 32.6 Å². The number of fused-ring (bicyclic) bond motifs is 1. The fourth-order valence-corrected chi connectivity index (χ4v) is 5.10. The minimum Gasteiger partial charge on any atom is -0.494 e. The predicted molar refractivity (Wildman–Crippen MR) is 130 cm³/mol. The first-order valence-corrected chi connectivity index (χ1v) is 12.0. The van der Waals surface area contributed by atoms with E-state index in [1.54, 1.807) is 15.8 Å². The molecular weight excluding hydrogens is 436 g/mol. The Bertz CT molecular complexity index is 1260. The maximum Gasteiger partial charge on any atom is 0.263 e. The van der Waals surface area contributed by atoms with Gasteiger partial charge in [-0.2, -0.15) is 5.10 Å². The van der Waals surface area contributed by atoms with Crippen molar-refractivity contribution in [3.05, 3.63) is 66.0 Å². The zero-order valence-electron chi connectivity index (χ0n) is 18.7. The number of hydrogen-bond donors (Lipinski definition) is 0. The Morgan fingerprint density at radius 2 is 2.12 bits per heavy atom. The second-order valence-corrected chi connectivity index (χ2v) is 9.01. The summed E-state index contributed by atoms with van der Waals surface area (Å²) in [5.74, 6) is 0.687. The number of nitrogens with zero attached hydrogens (tertiary/aromatic N) is 4. The molecule has 1 amide bonds. The van der Waals surface area contributed by atoms with E-state index >= 15 is 0 Å². The number of hydrogen-bond acceptors (Lipinski definition) is 6. The summed E-state index contributed by atoms with van der Waals surface area (Å²) in [6.45, 7) is 5.68. The number of anilines is 1. The molecule has 0 saturated carbocycles. The van der Waals surface area contributed by atoms with Gasteiger partial charge in [0.05, 0.1) is 52.6 Å². The Kier molecular flexibility index (Phi) is 6.11. The van der Waals surface area contributed by atoms with Gasteiger partial charge in [-0.1, -0.05) is 29.5 Å². The van der Waals surface area contributed by atoms with E-state index in [-0.39, 0.29) is 12.0 Å². The second-order valence-electron chi connectivity index (χ2n) is 8.00. The van der Waals surface area contributed by atoms with Crippen LogP contribution < -0.4 is 9.64 Å². The van der Waals surface area contributed by atoms with Gasteiger partial charge in [-0.3, -0.25) is 9.69 Å². The lowest BCUT2D eigenvalue weighted by atomic mass is 10.2. The van der Waals surface area contributed by atoms with Gasteiger partial charge in [0.15, 0.2) is 5.13 Å². The number of carbonyl (C=O) groups excluding carboxylic acids is 1. The Morgan fingerprint density at radius 1 is 1.27 bits per heavy atom. The molecule has 0 bridgehead atoms. The van der Waals surface area contributed by atoms with Crippen LogP contribution >= 0.6 is 11.3 Å². The molecule has 33 heavy (non-hydrogen) atoms. The fourth-order valence-electron chi connectivity index (χ4n) is 4.10. The van der Waals surface area contributed by atoms with E-state index < -0.39 is 0 Å². The first-order valence-electron chi connectivity index (χ1n) is 11.2. The molecule has 8 heteroatoms. The van der Waals surface area contributed by atoms with Crippen LogP contribution in [-0.4, -0.2) is 46.5 Å². The molecule has 170 valence electrons. The fraction of sp³-hybridized carbons (Fsp3) is 0.320. The molecule has 3 heterocycles. The maximum absolute atomic E-state index is 13.8. The summed E-state index contributed by atoms with van der Waals surface area (Å²) >= 11 is 1.49. The van der Waals surface area contributed by atoms with E-state index in [0.29, 0.717) is 23.8 Å². The van der Waals surface area contributed by atoms with E-state index in [9.17, 15) is 4.79 Å². The number of benzene rings is 2. The van der Waals surface area contributed by atoms with Crippen molar-refractivity contribution in [3.8, 4) is 11.4 Å². The highest BCUT2D eigenvalue weighted by molar-refractivity contribution is 7.22. The lowest BCUT2D eigenvalue weighted by Crippen LogP contribution is -2.37. The van der Waals surface area contributed by atoms with Crippen LogP contribution in [0.5, 0.6) is 5.75 Å². The van der Waals surface area contributed by atoms with Crippen LogP contribution in [0.25, 0.3) is 15.9 Å². The van der Waals surface area contributed by atoms with Crippen molar-refractivity contribution in [1.29, 1.82) is 0 Å². The molecule has 0 radical (unpaired) electrons. The first-order chi connectivity index (χ1) is 16.1. The lowest BCUT2D eigenvalue weighted by Gasteiger charge is -2.23. The molecule has 7 nitrogen and oxygen atoms in total. The molecule has 4 aromatic rings. The zero-order valence-corrected chi connectivity index (χ0v) is 19.5. The molecule has 1 saturated heterocycles. The molecule has 1 fully saturated rings. The maximum atomic E-state index is 13.8. The standard InChI is InChI=1S/C25H26N4O3S/c1-3-31-19-11-12-22-23(14-19)33-25(27-22)28(16-20-10-7-13-32-20)24(30)21-15-26-29(17(21)2)18-8-5-4-6-9-18/h4-6,8-9,11-12,14-15,20H,3,7,10,13,16H2,1-2H3. The van der Waals surface area contributed by atoms with Crippen molar-refractivity contribution in [3.63, 3.8) is 0 Å². The molecule has 2 aromatic heterocycles. The van der Waals surface area contributed by atoms with Crippen molar-refractivity contribution < 1.29 is 14.3 Å². The molecule has 5 rings (SSSR count). The monoisotopic (exact) mass is 462 g/mol. The summed E-state index contributed by atoms with van der Waals surface area (Å²) in [6, 6.07) is 15.7. The van der Waals surface area contributed by atoms with Crippen LogP contribution in [0.15, 0.2) is 54.7 Å². The smallest absolute Gasteiger partial charge is 0.263 e. The number of aromatic nitrogens is 3. The van der Waals surface area contributed by atoms with Crippen LogP contribution in [0.4, 0.5) is 5.13 Å². The normalized spacial score (nSPS) is 15.8. The van der Waals surface area contributed by atoms with Crippen molar-refractivity contribution in [2.45, 2.75) is 32.8 Å². The third-order valence-electron chi connectivity index (χ3n) is 5.79. The summed E-state index contributed by atoms with van der Waals surface area (Å²) in [4.78, 5) is 20.3. The minimum atomic E-state index is -0.116. The van der Waals surface area contributed by atoms with Crippen LogP contribution in [0.3, 0.4) is 0 Å². The third kappa shape index (κ3) is 4.36. The van der Waals surface area contributed by atoms with Gasteiger partial charge in [0.1, 0.15) is 5.75 Å². The molecule has 1 aliphatic heterocycles. The van der Waals surface area contributed by atoms with Crippen molar-refractivity contribution in [1.82, 2.24) is 14.8 Å². The Hall–Kier alpha value is -3.23. The average molecular weight is 463 g/mol. The SMILES string of the molecule is CCOc1ccc2nc(N(CC3CCCO3)C(=O)c3cnn(-c4ccccc4)c3C)sc2c1. The molecule has 1 atom stereocenters. The van der Waals surface area contributed by atoms with Gasteiger partial charge in [-0.15, -0.1) is 0 Å². The number of carbonyl (C=O) groups is 1. The summed E-state index contributed by atoms with van der Waals surface area (Å²) in [7, 11) is 0. The molecule has 2 aromatic carbocycles. The number of ether oxygens (including phenoxy) is 2. The number of thiazole rings is 1. The van der Waals surface area contributed by atoms with Gasteiger partial charge in [0.2, 0.25) is 0 Å². The van der Waals surface area contributed by atoms with Gasteiger partial charge >= 0.3 is 0 Å². The topological polar surface area (TPSA) is 69.5 Å². The van der Waals surface area contributed by atoms with Gasteiger partial charge in [0.25, 0.3) is 5.91 Å². The summed E-state index contributed by atoms with van der Waals surface area (Å²) in [6.07, 6.45) is 3.60. The van der Waals surface area contributed by atoms with E-state index in [4.69, 9.17) is 14.5 Å². The second kappa shape index (κ2) is 9.33. The lowest BCUT2D eigenvalue weighted by molar-refractivity contribution is 0.0917. The zero-order chi connectivity index (χ0) is 22.8. The van der Waals surface area contributed by atoms with Crippen LogP contribution in [0, 0.1) is 6.92 Å². The van der Waals surface area contributed by atoms with Crippen molar-refractivity contribution in [2.24, 2.45) is 0 Å².